The van der Waals surface area contributed by atoms with E-state index in [1.165, 1.54) is 25.1 Å². The quantitative estimate of drug-likeness (QED) is 0.728. The Kier molecular flexibility index (Phi) is 6.11. The van der Waals surface area contributed by atoms with Crippen molar-refractivity contribution in [3.63, 3.8) is 0 Å². The molecule has 0 unspecified atom stereocenters. The smallest absolute Gasteiger partial charge is 0.387 e. The second kappa shape index (κ2) is 8.11. The van der Waals surface area contributed by atoms with E-state index in [1.54, 1.807) is 0 Å². The molecule has 26 heavy (non-hydrogen) atoms. The lowest BCUT2D eigenvalue weighted by Gasteiger charge is -2.12. The van der Waals surface area contributed by atoms with Gasteiger partial charge in [-0.1, -0.05) is 0 Å². The van der Waals surface area contributed by atoms with Crippen LogP contribution in [0.25, 0.3) is 0 Å². The third-order valence-corrected chi connectivity index (χ3v) is 3.27. The van der Waals surface area contributed by atoms with E-state index in [0.717, 1.165) is 0 Å². The molecule has 142 valence electrons. The second-order valence-corrected chi connectivity index (χ2v) is 5.16. The number of halogens is 6. The minimum Gasteiger partial charge on any atom is -0.435 e. The molecule has 0 radical (unpaired) electrons. The maximum atomic E-state index is 12.9. The molecule has 11 heteroatoms. The molecule has 0 aliphatic rings. The predicted octanol–water partition coefficient (Wildman–Crippen LogP) is 4.31. The Balaban J connectivity index is 2.12. The van der Waals surface area contributed by atoms with Gasteiger partial charge in [-0.3, -0.25) is 9.48 Å². The molecule has 0 aliphatic carbocycles. The Labute approximate surface area is 143 Å². The van der Waals surface area contributed by atoms with Crippen molar-refractivity contribution in [1.29, 1.82) is 0 Å². The van der Waals surface area contributed by atoms with Crippen LogP contribution in [-0.2, 0) is 11.3 Å². The summed E-state index contributed by atoms with van der Waals surface area (Å²) in [6.45, 7) is -2.23. The molecule has 1 heterocycles. The van der Waals surface area contributed by atoms with Crippen LogP contribution in [0.15, 0.2) is 24.3 Å². The van der Waals surface area contributed by atoms with Crippen LogP contribution in [0.4, 0.5) is 32.0 Å². The van der Waals surface area contributed by atoms with Crippen molar-refractivity contribution < 1.29 is 35.9 Å². The maximum absolute atomic E-state index is 12.9. The molecule has 1 amide bonds. The van der Waals surface area contributed by atoms with Crippen LogP contribution in [0.2, 0.25) is 0 Å². The van der Waals surface area contributed by atoms with Crippen molar-refractivity contribution >= 4 is 11.6 Å². The number of rotatable bonds is 7. The monoisotopic (exact) mass is 381 g/mol. The van der Waals surface area contributed by atoms with E-state index in [4.69, 9.17) is 0 Å². The predicted molar refractivity (Wildman–Crippen MR) is 78.6 cm³/mol. The van der Waals surface area contributed by atoms with E-state index in [2.05, 4.69) is 15.2 Å². The fourth-order valence-corrected chi connectivity index (χ4v) is 2.14. The Hall–Kier alpha value is -2.72. The summed E-state index contributed by atoms with van der Waals surface area (Å²) in [5.41, 5.74) is -1.08. The average molecular weight is 381 g/mol. The highest BCUT2D eigenvalue weighted by Crippen LogP contribution is 2.26. The second-order valence-electron chi connectivity index (χ2n) is 5.16. The number of amides is 1. The zero-order valence-corrected chi connectivity index (χ0v) is 13.2. The molecule has 0 aliphatic heterocycles. The number of nitrogens with zero attached hydrogens (tertiary/aromatic N) is 2. The number of hydrogen-bond acceptors (Lipinski definition) is 3. The van der Waals surface area contributed by atoms with Crippen LogP contribution in [0.3, 0.4) is 0 Å². The summed E-state index contributed by atoms with van der Waals surface area (Å²) < 4.78 is 80.0. The molecule has 0 saturated heterocycles. The van der Waals surface area contributed by atoms with E-state index in [1.807, 2.05) is 0 Å². The van der Waals surface area contributed by atoms with Gasteiger partial charge in [-0.2, -0.15) is 13.9 Å². The van der Waals surface area contributed by atoms with Crippen molar-refractivity contribution in [2.45, 2.75) is 32.9 Å². The number of alkyl halides is 6. The Bertz CT molecular complexity index is 779. The third-order valence-electron chi connectivity index (χ3n) is 3.27. The lowest BCUT2D eigenvalue weighted by Crippen LogP contribution is -2.21. The number of carbonyl (C=O) groups is 1. The number of aromatic nitrogens is 2. The van der Waals surface area contributed by atoms with E-state index in [0.29, 0.717) is 16.3 Å². The molecule has 0 atom stereocenters. The lowest BCUT2D eigenvalue weighted by molar-refractivity contribution is -0.117. The van der Waals surface area contributed by atoms with Gasteiger partial charge in [0.15, 0.2) is 0 Å². The first-order chi connectivity index (χ1) is 12.2. The fraction of sp³-hybridized carbons (Fsp3) is 0.333. The highest BCUT2D eigenvalue weighted by Gasteiger charge is 2.22. The van der Waals surface area contributed by atoms with E-state index in [9.17, 15) is 31.1 Å². The minimum absolute atomic E-state index is 0.121. The summed E-state index contributed by atoms with van der Waals surface area (Å²) in [5.74, 6) is -0.925. The topological polar surface area (TPSA) is 56.1 Å². The Morgan fingerprint density at radius 2 is 1.85 bits per heavy atom. The number of ether oxygens (including phenoxy) is 1. The van der Waals surface area contributed by atoms with Crippen LogP contribution in [0.1, 0.15) is 29.8 Å². The van der Waals surface area contributed by atoms with Gasteiger partial charge in [0.2, 0.25) is 5.91 Å². The number of hydrogen-bond donors (Lipinski definition) is 1. The number of aryl methyl sites for hydroxylation is 1. The minimum atomic E-state index is -3.09. The zero-order valence-electron chi connectivity index (χ0n) is 13.2. The largest absolute Gasteiger partial charge is 0.435 e. The van der Waals surface area contributed by atoms with Crippen LogP contribution in [0.5, 0.6) is 5.75 Å². The molecule has 0 saturated carbocycles. The molecule has 1 N–H and O–H groups in total. The standard InChI is InChI=1S/C15H13F6N3O2/c1-7-4-8(26-15(20)21)2-3-9(7)22-12(25)6-24-11(14(18)19)5-10(23-24)13(16)17/h2-5,13-15H,6H2,1H3,(H,22,25). The molecule has 0 fully saturated rings. The summed E-state index contributed by atoms with van der Waals surface area (Å²) in [7, 11) is 0. The average Bonchev–Trinajstić information content (AvgIpc) is 2.93. The lowest BCUT2D eigenvalue weighted by atomic mass is 10.2. The molecular formula is C15H13F6N3O2. The molecular weight excluding hydrogens is 368 g/mol. The number of carbonyl (C=O) groups excluding carboxylic acids is 1. The van der Waals surface area contributed by atoms with Crippen molar-refractivity contribution in [2.24, 2.45) is 0 Å². The molecule has 0 spiro atoms. The maximum Gasteiger partial charge on any atom is 0.387 e. The van der Waals surface area contributed by atoms with Gasteiger partial charge in [0.25, 0.3) is 12.9 Å². The Morgan fingerprint density at radius 1 is 1.15 bits per heavy atom. The van der Waals surface area contributed by atoms with Crippen LogP contribution < -0.4 is 10.1 Å². The van der Waals surface area contributed by atoms with Gasteiger partial charge >= 0.3 is 6.61 Å². The highest BCUT2D eigenvalue weighted by molar-refractivity contribution is 5.91. The summed E-state index contributed by atoms with van der Waals surface area (Å²) in [4.78, 5) is 12.0. The van der Waals surface area contributed by atoms with Gasteiger partial charge in [0.05, 0.1) is 0 Å². The van der Waals surface area contributed by atoms with Crippen molar-refractivity contribution in [1.82, 2.24) is 9.78 Å². The molecule has 5 nitrogen and oxygen atoms in total. The van der Waals surface area contributed by atoms with E-state index >= 15 is 0 Å². The van der Waals surface area contributed by atoms with Gasteiger partial charge in [-0.25, -0.2) is 17.6 Å². The molecule has 2 rings (SSSR count). The van der Waals surface area contributed by atoms with Crippen LogP contribution >= 0.6 is 0 Å². The van der Waals surface area contributed by atoms with Crippen molar-refractivity contribution in [3.05, 3.63) is 41.2 Å². The molecule has 1 aromatic heterocycles. The van der Waals surface area contributed by atoms with Crippen molar-refractivity contribution in [2.75, 3.05) is 5.32 Å². The summed E-state index contributed by atoms with van der Waals surface area (Å²) >= 11 is 0. The zero-order chi connectivity index (χ0) is 19.4. The first kappa shape index (κ1) is 19.6. The van der Waals surface area contributed by atoms with E-state index < -0.39 is 43.3 Å². The molecule has 0 bridgehead atoms. The highest BCUT2D eigenvalue weighted by atomic mass is 19.3. The normalized spacial score (nSPS) is 11.5. The number of benzene rings is 1. The third kappa shape index (κ3) is 4.90. The Morgan fingerprint density at radius 3 is 2.38 bits per heavy atom. The van der Waals surface area contributed by atoms with Crippen LogP contribution in [-0.4, -0.2) is 22.3 Å². The van der Waals surface area contributed by atoms with E-state index in [-0.39, 0.29) is 11.4 Å². The van der Waals surface area contributed by atoms with Gasteiger partial charge in [-0.05, 0) is 36.8 Å². The molecule has 1 aromatic carbocycles. The van der Waals surface area contributed by atoms with Crippen molar-refractivity contribution in [3.8, 4) is 5.75 Å². The van der Waals surface area contributed by atoms with Gasteiger partial charge in [-0.15, -0.1) is 0 Å². The van der Waals surface area contributed by atoms with Gasteiger partial charge in [0.1, 0.15) is 23.7 Å². The fourth-order valence-electron chi connectivity index (χ4n) is 2.14. The summed E-state index contributed by atoms with van der Waals surface area (Å²) in [5, 5.41) is 5.67. The number of anilines is 1. The SMILES string of the molecule is Cc1cc(OC(F)F)ccc1NC(=O)Cn1nc(C(F)F)cc1C(F)F. The first-order valence-corrected chi connectivity index (χ1v) is 7.16. The summed E-state index contributed by atoms with van der Waals surface area (Å²) in [6, 6.07) is 4.24. The van der Waals surface area contributed by atoms with Gasteiger partial charge in [0, 0.05) is 5.69 Å². The van der Waals surface area contributed by atoms with Gasteiger partial charge < -0.3 is 10.1 Å². The molecule has 2 aromatic rings. The first-order valence-electron chi connectivity index (χ1n) is 7.16. The number of nitrogens with one attached hydrogen (secondary N) is 1. The van der Waals surface area contributed by atoms with Crippen LogP contribution in [0, 0.1) is 6.92 Å². The summed E-state index contributed by atoms with van der Waals surface area (Å²) in [6.07, 6.45) is -6.14.